The zero-order valence-corrected chi connectivity index (χ0v) is 6.55. The second-order valence-electron chi connectivity index (χ2n) is 2.37. The molecule has 0 rings (SSSR count). The molecule has 0 spiro atoms. The molecule has 0 amide bonds. The van der Waals surface area contributed by atoms with Crippen LogP contribution in [0.3, 0.4) is 0 Å². The van der Waals surface area contributed by atoms with E-state index >= 15 is 0 Å². The summed E-state index contributed by atoms with van der Waals surface area (Å²) in [6, 6.07) is 0. The smallest absolute Gasteiger partial charge is 0.339 e. The molecule has 0 unspecified atom stereocenters. The third-order valence-electron chi connectivity index (χ3n) is 0.975. The number of hydrogen-bond donors (Lipinski definition) is 1. The van der Waals surface area contributed by atoms with Gasteiger partial charge in [-0.3, -0.25) is 4.79 Å². The molecule has 0 aromatic heterocycles. The lowest BCUT2D eigenvalue weighted by molar-refractivity contribution is -0.134. The van der Waals surface area contributed by atoms with E-state index in [0.717, 1.165) is 5.57 Å². The number of carbonyl (C=O) groups excluding carboxylic acids is 1. The summed E-state index contributed by atoms with van der Waals surface area (Å²) in [4.78, 5) is 21.0. The highest BCUT2D eigenvalue weighted by Gasteiger charge is 2.10. The Bertz CT molecular complexity index is 232. The fraction of sp³-hybridized carbons (Fsp3) is 0.250. The number of aliphatic carboxylic acids is 1. The minimum Gasteiger partial charge on any atom is -0.478 e. The number of carbonyl (C=O) groups is 2. The van der Waals surface area contributed by atoms with Crippen molar-refractivity contribution >= 4 is 11.8 Å². The quantitative estimate of drug-likeness (QED) is 0.377. The van der Waals surface area contributed by atoms with E-state index in [9.17, 15) is 9.59 Å². The van der Waals surface area contributed by atoms with Gasteiger partial charge in [-0.25, -0.2) is 4.79 Å². The molecule has 0 fully saturated rings. The van der Waals surface area contributed by atoms with E-state index < -0.39 is 17.3 Å². The van der Waals surface area contributed by atoms with Gasteiger partial charge in [0.15, 0.2) is 5.78 Å². The molecule has 11 heavy (non-hydrogen) atoms. The van der Waals surface area contributed by atoms with Gasteiger partial charge in [-0.2, -0.15) is 0 Å². The average molecular weight is 154 g/mol. The van der Waals surface area contributed by atoms with Gasteiger partial charge in [-0.05, 0) is 19.9 Å². The third kappa shape index (κ3) is 3.35. The number of allylic oxidation sites excluding steroid dienone is 2. The summed E-state index contributed by atoms with van der Waals surface area (Å²) in [5.41, 5.74) is 0.364. The van der Waals surface area contributed by atoms with Crippen molar-refractivity contribution in [3.8, 4) is 0 Å². The van der Waals surface area contributed by atoms with E-state index in [1.54, 1.807) is 13.8 Å². The van der Waals surface area contributed by atoms with E-state index in [2.05, 4.69) is 6.58 Å². The summed E-state index contributed by atoms with van der Waals surface area (Å²) in [7, 11) is 0. The molecular formula is C8H10O3. The molecule has 0 saturated heterocycles. The Labute approximate surface area is 65.0 Å². The van der Waals surface area contributed by atoms with Crippen LogP contribution in [0.15, 0.2) is 23.8 Å². The first kappa shape index (κ1) is 9.62. The lowest BCUT2D eigenvalue weighted by Crippen LogP contribution is -2.08. The number of ketones is 1. The summed E-state index contributed by atoms with van der Waals surface area (Å²) in [5.74, 6) is -1.81. The number of rotatable bonds is 3. The van der Waals surface area contributed by atoms with E-state index in [1.807, 2.05) is 0 Å². The van der Waals surface area contributed by atoms with Crippen LogP contribution in [0, 0.1) is 0 Å². The molecule has 1 N–H and O–H groups in total. The first-order chi connectivity index (χ1) is 4.95. The van der Waals surface area contributed by atoms with Gasteiger partial charge in [-0.1, -0.05) is 12.2 Å². The molecule has 3 nitrogen and oxygen atoms in total. The third-order valence-corrected chi connectivity index (χ3v) is 0.975. The summed E-state index contributed by atoms with van der Waals surface area (Å²) in [6.07, 6.45) is 1.25. The topological polar surface area (TPSA) is 54.4 Å². The highest BCUT2D eigenvalue weighted by molar-refractivity contribution is 6.20. The summed E-state index contributed by atoms with van der Waals surface area (Å²) in [5, 5.41) is 8.32. The van der Waals surface area contributed by atoms with Crippen LogP contribution in [0.5, 0.6) is 0 Å². The molecule has 0 aliphatic carbocycles. The van der Waals surface area contributed by atoms with Crippen LogP contribution in [0.4, 0.5) is 0 Å². The highest BCUT2D eigenvalue weighted by Crippen LogP contribution is 1.97. The molecule has 0 bridgehead atoms. The van der Waals surface area contributed by atoms with Gasteiger partial charge in [0, 0.05) is 0 Å². The minimum atomic E-state index is -1.27. The van der Waals surface area contributed by atoms with E-state index in [1.165, 1.54) is 6.08 Å². The summed E-state index contributed by atoms with van der Waals surface area (Å²) in [6.45, 7) is 6.54. The molecule has 0 aliphatic heterocycles. The van der Waals surface area contributed by atoms with Gasteiger partial charge in [0.2, 0.25) is 0 Å². The van der Waals surface area contributed by atoms with Gasteiger partial charge >= 0.3 is 5.97 Å². The molecule has 0 aromatic rings. The Morgan fingerprint density at radius 3 is 2.09 bits per heavy atom. The van der Waals surface area contributed by atoms with Crippen LogP contribution in [-0.2, 0) is 9.59 Å². The van der Waals surface area contributed by atoms with Gasteiger partial charge in [0.1, 0.15) is 0 Å². The van der Waals surface area contributed by atoms with Crippen molar-refractivity contribution in [3.05, 3.63) is 23.8 Å². The Morgan fingerprint density at radius 2 is 1.82 bits per heavy atom. The van der Waals surface area contributed by atoms with Crippen molar-refractivity contribution in [3.63, 3.8) is 0 Å². The largest absolute Gasteiger partial charge is 0.478 e. The fourth-order valence-electron chi connectivity index (χ4n) is 0.455. The Balaban J connectivity index is 4.41. The molecule has 0 heterocycles. The van der Waals surface area contributed by atoms with Crippen LogP contribution in [-0.4, -0.2) is 16.9 Å². The van der Waals surface area contributed by atoms with Crippen LogP contribution in [0.2, 0.25) is 0 Å². The van der Waals surface area contributed by atoms with Crippen molar-refractivity contribution in [1.29, 1.82) is 0 Å². The van der Waals surface area contributed by atoms with E-state index in [-0.39, 0.29) is 0 Å². The van der Waals surface area contributed by atoms with E-state index in [4.69, 9.17) is 5.11 Å². The maximum absolute atomic E-state index is 10.8. The van der Waals surface area contributed by atoms with Crippen LogP contribution >= 0.6 is 0 Å². The number of carboxylic acid groups (broad SMARTS) is 1. The van der Waals surface area contributed by atoms with Crippen LogP contribution < -0.4 is 0 Å². The minimum absolute atomic E-state index is 0.397. The normalized spacial score (nSPS) is 8.55. The average Bonchev–Trinajstić information content (AvgIpc) is 1.84. The molecule has 0 saturated carbocycles. The lowest BCUT2D eigenvalue weighted by Gasteiger charge is -1.92. The number of carboxylic acids is 1. The van der Waals surface area contributed by atoms with Gasteiger partial charge in [-0.15, -0.1) is 0 Å². The molecule has 60 valence electrons. The predicted octanol–water partition coefficient (Wildman–Crippen LogP) is 1.16. The Kier molecular flexibility index (Phi) is 3.24. The molecule has 3 heteroatoms. The first-order valence-corrected chi connectivity index (χ1v) is 3.06. The van der Waals surface area contributed by atoms with Crippen molar-refractivity contribution in [2.45, 2.75) is 13.8 Å². The fourth-order valence-corrected chi connectivity index (χ4v) is 0.455. The van der Waals surface area contributed by atoms with Crippen LogP contribution in [0.25, 0.3) is 0 Å². The summed E-state index contributed by atoms with van der Waals surface area (Å²) >= 11 is 0. The monoisotopic (exact) mass is 154 g/mol. The molecule has 0 aliphatic rings. The Hall–Kier alpha value is -1.38. The van der Waals surface area contributed by atoms with Crippen molar-refractivity contribution in [1.82, 2.24) is 0 Å². The van der Waals surface area contributed by atoms with Gasteiger partial charge < -0.3 is 5.11 Å². The van der Waals surface area contributed by atoms with E-state index in [0.29, 0.717) is 0 Å². The van der Waals surface area contributed by atoms with Crippen LogP contribution in [0.1, 0.15) is 13.8 Å². The summed E-state index contributed by atoms with van der Waals surface area (Å²) < 4.78 is 0. The predicted molar refractivity (Wildman–Crippen MR) is 41.2 cm³/mol. The second kappa shape index (κ2) is 3.71. The maximum atomic E-state index is 10.8. The van der Waals surface area contributed by atoms with Crippen molar-refractivity contribution in [2.24, 2.45) is 0 Å². The zero-order chi connectivity index (χ0) is 9.02. The Morgan fingerprint density at radius 1 is 1.36 bits per heavy atom. The molecule has 0 atom stereocenters. The first-order valence-electron chi connectivity index (χ1n) is 3.06. The zero-order valence-electron chi connectivity index (χ0n) is 6.55. The standard InChI is InChI=1S/C8H10O3/c1-5(2)4-7(9)6(3)8(10)11/h4H,3H2,1-2H3,(H,10,11). The second-order valence-corrected chi connectivity index (χ2v) is 2.37. The van der Waals surface area contributed by atoms with Gasteiger partial charge in [0.05, 0.1) is 5.57 Å². The molecule has 0 aromatic carbocycles. The highest BCUT2D eigenvalue weighted by atomic mass is 16.4. The van der Waals surface area contributed by atoms with Gasteiger partial charge in [0.25, 0.3) is 0 Å². The molecule has 0 radical (unpaired) electrons. The molecular weight excluding hydrogens is 144 g/mol. The SMILES string of the molecule is C=C(C(=O)O)C(=O)C=C(C)C. The lowest BCUT2D eigenvalue weighted by atomic mass is 10.1. The maximum Gasteiger partial charge on any atom is 0.339 e. The van der Waals surface area contributed by atoms with Crippen molar-refractivity contribution in [2.75, 3.05) is 0 Å². The van der Waals surface area contributed by atoms with Crippen molar-refractivity contribution < 1.29 is 14.7 Å². The number of hydrogen-bond acceptors (Lipinski definition) is 2.